The second-order valence-electron chi connectivity index (χ2n) is 7.84. The standard InChI is InChI=1S/C19H31N3O2/c1-14-13-22(11-10-20-14)16-7-5-6-15(12-16)17(19(2,3)4)8-9-21-18(23)24/h5-7,12,14,17,20-21H,8-11,13H2,1-4H3,(H,23,24)/t14-,17+/m0/s1. The summed E-state index contributed by atoms with van der Waals surface area (Å²) in [5.41, 5.74) is 2.63. The summed E-state index contributed by atoms with van der Waals surface area (Å²) in [4.78, 5) is 13.2. The van der Waals surface area contributed by atoms with Crippen LogP contribution >= 0.6 is 0 Å². The summed E-state index contributed by atoms with van der Waals surface area (Å²) in [6.07, 6.45) is -0.150. The molecule has 0 aliphatic carbocycles. The summed E-state index contributed by atoms with van der Waals surface area (Å²) in [7, 11) is 0. The van der Waals surface area contributed by atoms with Crippen LogP contribution in [0.15, 0.2) is 24.3 Å². The molecule has 0 unspecified atom stereocenters. The van der Waals surface area contributed by atoms with Gasteiger partial charge in [-0.3, -0.25) is 0 Å². The fourth-order valence-electron chi connectivity index (χ4n) is 3.53. The van der Waals surface area contributed by atoms with E-state index in [1.807, 2.05) is 0 Å². The zero-order valence-corrected chi connectivity index (χ0v) is 15.3. The van der Waals surface area contributed by atoms with Crippen molar-refractivity contribution in [1.29, 1.82) is 0 Å². The molecule has 0 saturated carbocycles. The predicted molar refractivity (Wildman–Crippen MR) is 99.0 cm³/mol. The molecule has 1 saturated heterocycles. The molecule has 1 aromatic carbocycles. The molecule has 1 amide bonds. The van der Waals surface area contributed by atoms with E-state index in [0.717, 1.165) is 26.1 Å². The predicted octanol–water partition coefficient (Wildman–Crippen LogP) is 3.27. The summed E-state index contributed by atoms with van der Waals surface area (Å²) in [5.74, 6) is 0.310. The van der Waals surface area contributed by atoms with Gasteiger partial charge < -0.3 is 20.6 Å². The zero-order chi connectivity index (χ0) is 17.7. The number of hydrogen-bond donors (Lipinski definition) is 3. The van der Waals surface area contributed by atoms with Crippen LogP contribution in [0.4, 0.5) is 10.5 Å². The zero-order valence-electron chi connectivity index (χ0n) is 15.3. The van der Waals surface area contributed by atoms with E-state index in [0.29, 0.717) is 18.5 Å². The summed E-state index contributed by atoms with van der Waals surface area (Å²) in [6, 6.07) is 9.26. The van der Waals surface area contributed by atoms with Crippen LogP contribution in [0, 0.1) is 5.41 Å². The SMILES string of the molecule is C[C@H]1CN(c2cccc([C@@H](CCNC(=O)O)C(C)(C)C)c2)CCN1. The van der Waals surface area contributed by atoms with Crippen molar-refractivity contribution in [1.82, 2.24) is 10.6 Å². The van der Waals surface area contributed by atoms with Gasteiger partial charge in [-0.25, -0.2) is 4.79 Å². The van der Waals surface area contributed by atoms with Gasteiger partial charge in [-0.2, -0.15) is 0 Å². The Bertz CT molecular complexity index is 554. The van der Waals surface area contributed by atoms with Crippen LogP contribution < -0.4 is 15.5 Å². The number of nitrogens with one attached hydrogen (secondary N) is 2. The third kappa shape index (κ3) is 5.13. The Morgan fingerprint density at radius 3 is 2.83 bits per heavy atom. The number of piperazine rings is 1. The van der Waals surface area contributed by atoms with Gasteiger partial charge in [-0.05, 0) is 42.4 Å². The Balaban J connectivity index is 2.17. The van der Waals surface area contributed by atoms with E-state index in [1.165, 1.54) is 11.3 Å². The van der Waals surface area contributed by atoms with E-state index in [-0.39, 0.29) is 5.41 Å². The first-order chi connectivity index (χ1) is 11.3. The van der Waals surface area contributed by atoms with E-state index < -0.39 is 6.09 Å². The molecule has 2 rings (SSSR count). The molecule has 1 aromatic rings. The van der Waals surface area contributed by atoms with Crippen LogP contribution in [-0.2, 0) is 0 Å². The first kappa shape index (κ1) is 18.6. The lowest BCUT2D eigenvalue weighted by atomic mass is 9.74. The van der Waals surface area contributed by atoms with Crippen LogP contribution in [0.2, 0.25) is 0 Å². The van der Waals surface area contributed by atoms with Crippen LogP contribution in [0.1, 0.15) is 45.6 Å². The third-order valence-corrected chi connectivity index (χ3v) is 4.76. The fourth-order valence-corrected chi connectivity index (χ4v) is 3.53. The number of hydrogen-bond acceptors (Lipinski definition) is 3. The lowest BCUT2D eigenvalue weighted by Crippen LogP contribution is -2.49. The Labute approximate surface area is 145 Å². The minimum absolute atomic E-state index is 0.0789. The maximum Gasteiger partial charge on any atom is 0.404 e. The highest BCUT2D eigenvalue weighted by Gasteiger charge is 2.27. The molecule has 5 nitrogen and oxygen atoms in total. The highest BCUT2D eigenvalue weighted by molar-refractivity contribution is 5.64. The van der Waals surface area contributed by atoms with Crippen molar-refractivity contribution in [3.05, 3.63) is 29.8 Å². The Morgan fingerprint density at radius 1 is 1.46 bits per heavy atom. The first-order valence-corrected chi connectivity index (χ1v) is 8.82. The maximum absolute atomic E-state index is 10.7. The van der Waals surface area contributed by atoms with Gasteiger partial charge in [0.1, 0.15) is 0 Å². The lowest BCUT2D eigenvalue weighted by Gasteiger charge is -2.35. The smallest absolute Gasteiger partial charge is 0.404 e. The molecule has 0 radical (unpaired) electrons. The molecule has 1 aliphatic rings. The molecule has 24 heavy (non-hydrogen) atoms. The second kappa shape index (κ2) is 7.88. The Kier molecular flexibility index (Phi) is 6.10. The molecular weight excluding hydrogens is 302 g/mol. The first-order valence-electron chi connectivity index (χ1n) is 8.82. The topological polar surface area (TPSA) is 64.6 Å². The molecule has 1 heterocycles. The normalized spacial score (nSPS) is 19.8. The third-order valence-electron chi connectivity index (χ3n) is 4.76. The van der Waals surface area contributed by atoms with Gasteiger partial charge in [0.05, 0.1) is 0 Å². The van der Waals surface area contributed by atoms with Crippen LogP contribution in [-0.4, -0.2) is 43.4 Å². The minimum Gasteiger partial charge on any atom is -0.465 e. The Hall–Kier alpha value is -1.75. The number of amides is 1. The molecule has 2 atom stereocenters. The number of benzene rings is 1. The number of carboxylic acid groups (broad SMARTS) is 1. The number of nitrogens with zero attached hydrogens (tertiary/aromatic N) is 1. The number of rotatable bonds is 5. The van der Waals surface area contributed by atoms with E-state index >= 15 is 0 Å². The van der Waals surface area contributed by atoms with Crippen molar-refractivity contribution in [2.75, 3.05) is 31.1 Å². The van der Waals surface area contributed by atoms with Crippen molar-refractivity contribution in [2.24, 2.45) is 5.41 Å². The quantitative estimate of drug-likeness (QED) is 0.774. The van der Waals surface area contributed by atoms with E-state index in [2.05, 4.69) is 67.5 Å². The molecule has 0 spiro atoms. The molecule has 0 bridgehead atoms. The van der Waals surface area contributed by atoms with Gasteiger partial charge in [-0.15, -0.1) is 0 Å². The van der Waals surface area contributed by atoms with E-state index in [9.17, 15) is 4.79 Å². The van der Waals surface area contributed by atoms with Gasteiger partial charge in [0.2, 0.25) is 0 Å². The molecule has 134 valence electrons. The van der Waals surface area contributed by atoms with Gasteiger partial charge in [0.25, 0.3) is 0 Å². The average molecular weight is 333 g/mol. The largest absolute Gasteiger partial charge is 0.465 e. The van der Waals surface area contributed by atoms with Crippen molar-refractivity contribution in [3.63, 3.8) is 0 Å². The van der Waals surface area contributed by atoms with E-state index in [1.54, 1.807) is 0 Å². The molecular formula is C19H31N3O2. The summed E-state index contributed by atoms with van der Waals surface area (Å²) in [6.45, 7) is 12.4. The molecule has 1 fully saturated rings. The lowest BCUT2D eigenvalue weighted by molar-refractivity contribution is 0.192. The highest BCUT2D eigenvalue weighted by atomic mass is 16.4. The summed E-state index contributed by atoms with van der Waals surface area (Å²) >= 11 is 0. The summed E-state index contributed by atoms with van der Waals surface area (Å²) < 4.78 is 0. The van der Waals surface area contributed by atoms with Gasteiger partial charge in [0.15, 0.2) is 0 Å². The highest BCUT2D eigenvalue weighted by Crippen LogP contribution is 2.38. The van der Waals surface area contributed by atoms with Crippen LogP contribution in [0.25, 0.3) is 0 Å². The number of carbonyl (C=O) groups is 1. The Morgan fingerprint density at radius 2 is 2.21 bits per heavy atom. The average Bonchev–Trinajstić information content (AvgIpc) is 2.50. The molecule has 3 N–H and O–H groups in total. The maximum atomic E-state index is 10.7. The van der Waals surface area contributed by atoms with Gasteiger partial charge >= 0.3 is 6.09 Å². The molecule has 1 aliphatic heterocycles. The molecule has 0 aromatic heterocycles. The second-order valence-corrected chi connectivity index (χ2v) is 7.84. The van der Waals surface area contributed by atoms with Gasteiger partial charge in [0, 0.05) is 37.9 Å². The minimum atomic E-state index is -0.953. The monoisotopic (exact) mass is 333 g/mol. The number of anilines is 1. The van der Waals surface area contributed by atoms with Crippen molar-refractivity contribution in [3.8, 4) is 0 Å². The van der Waals surface area contributed by atoms with Gasteiger partial charge in [-0.1, -0.05) is 32.9 Å². The summed E-state index contributed by atoms with van der Waals surface area (Å²) in [5, 5.41) is 14.8. The van der Waals surface area contributed by atoms with Crippen molar-refractivity contribution < 1.29 is 9.90 Å². The van der Waals surface area contributed by atoms with Crippen molar-refractivity contribution in [2.45, 2.75) is 46.1 Å². The van der Waals surface area contributed by atoms with Crippen molar-refractivity contribution >= 4 is 11.8 Å². The van der Waals surface area contributed by atoms with E-state index in [4.69, 9.17) is 5.11 Å². The van der Waals surface area contributed by atoms with Crippen LogP contribution in [0.5, 0.6) is 0 Å². The fraction of sp³-hybridized carbons (Fsp3) is 0.632. The van der Waals surface area contributed by atoms with Crippen LogP contribution in [0.3, 0.4) is 0 Å². The molecule has 5 heteroatoms.